The smallest absolute Gasteiger partial charge is 0.180 e. The number of benzene rings is 2. The molecule has 0 radical (unpaired) electrons. The van der Waals surface area contributed by atoms with E-state index in [0.29, 0.717) is 37.8 Å². The number of anilines is 1. The average molecular weight is 360 g/mol. The first kappa shape index (κ1) is 16.7. The van der Waals surface area contributed by atoms with Crippen LogP contribution in [0.15, 0.2) is 35.4 Å². The molecule has 0 amide bonds. The van der Waals surface area contributed by atoms with Crippen molar-refractivity contribution in [2.24, 2.45) is 5.10 Å². The van der Waals surface area contributed by atoms with E-state index in [-0.39, 0.29) is 0 Å². The molecule has 0 atom stereocenters. The fourth-order valence-corrected chi connectivity index (χ4v) is 2.33. The van der Waals surface area contributed by atoms with Crippen LogP contribution in [-0.4, -0.2) is 20.4 Å². The van der Waals surface area contributed by atoms with Gasteiger partial charge in [0.25, 0.3) is 0 Å². The molecule has 2 aromatic rings. The molecule has 0 fully saturated rings. The number of hydrazone groups is 1. The summed E-state index contributed by atoms with van der Waals surface area (Å²) < 4.78 is 10.4. The molecular formula is C15H13Cl3N2O2. The van der Waals surface area contributed by atoms with E-state index < -0.39 is 0 Å². The molecule has 0 saturated carbocycles. The number of nitrogens with zero attached hydrogens (tertiary/aromatic N) is 1. The van der Waals surface area contributed by atoms with E-state index in [4.69, 9.17) is 44.3 Å². The number of hydrogen-bond donors (Lipinski definition) is 1. The first-order valence-corrected chi connectivity index (χ1v) is 7.34. The summed E-state index contributed by atoms with van der Waals surface area (Å²) in [6.45, 7) is 0. The SMILES string of the molecule is COc1ccc(C=NNc2ccc(Cl)c(Cl)c2)c(Cl)c1OC. The van der Waals surface area contributed by atoms with Crippen LogP contribution >= 0.6 is 34.8 Å². The van der Waals surface area contributed by atoms with Crippen LogP contribution in [0, 0.1) is 0 Å². The Balaban J connectivity index is 2.18. The number of hydrogen-bond acceptors (Lipinski definition) is 4. The van der Waals surface area contributed by atoms with Crippen LogP contribution in [0.1, 0.15) is 5.56 Å². The zero-order valence-corrected chi connectivity index (χ0v) is 14.1. The van der Waals surface area contributed by atoms with Gasteiger partial charge in [0.1, 0.15) is 0 Å². The standard InChI is InChI=1S/C15H13Cl3N2O2/c1-21-13-6-3-9(14(18)15(13)22-2)8-19-20-10-4-5-11(16)12(17)7-10/h3-8,20H,1-2H3. The molecule has 0 aliphatic heterocycles. The van der Waals surface area contributed by atoms with Gasteiger partial charge in [0.15, 0.2) is 11.5 Å². The third-order valence-electron chi connectivity index (χ3n) is 2.83. The highest BCUT2D eigenvalue weighted by Crippen LogP contribution is 2.36. The molecule has 2 aromatic carbocycles. The molecular weight excluding hydrogens is 347 g/mol. The van der Waals surface area contributed by atoms with Gasteiger partial charge in [0.2, 0.25) is 0 Å². The first-order valence-electron chi connectivity index (χ1n) is 6.21. The molecule has 0 saturated heterocycles. The Morgan fingerprint density at radius 2 is 1.77 bits per heavy atom. The summed E-state index contributed by atoms with van der Waals surface area (Å²) in [5.74, 6) is 1.02. The predicted octanol–water partition coefficient (Wildman–Crippen LogP) is 5.11. The second kappa shape index (κ2) is 7.58. The monoisotopic (exact) mass is 358 g/mol. The molecule has 0 aromatic heterocycles. The fraction of sp³-hybridized carbons (Fsp3) is 0.133. The molecule has 2 rings (SSSR count). The van der Waals surface area contributed by atoms with Crippen LogP contribution < -0.4 is 14.9 Å². The van der Waals surface area contributed by atoms with Gasteiger partial charge < -0.3 is 9.47 Å². The number of nitrogens with one attached hydrogen (secondary N) is 1. The first-order chi connectivity index (χ1) is 10.6. The maximum absolute atomic E-state index is 6.26. The van der Waals surface area contributed by atoms with Crippen molar-refractivity contribution >= 4 is 46.7 Å². The Labute approximate surface area is 143 Å². The van der Waals surface area contributed by atoms with Crippen LogP contribution in [0.2, 0.25) is 15.1 Å². The quantitative estimate of drug-likeness (QED) is 0.596. The van der Waals surface area contributed by atoms with Gasteiger partial charge in [-0.15, -0.1) is 0 Å². The third kappa shape index (κ3) is 3.77. The summed E-state index contributed by atoms with van der Waals surface area (Å²) in [7, 11) is 3.08. The van der Waals surface area contributed by atoms with Crippen molar-refractivity contribution in [1.29, 1.82) is 0 Å². The molecule has 0 spiro atoms. The van der Waals surface area contributed by atoms with E-state index in [2.05, 4.69) is 10.5 Å². The molecule has 0 unspecified atom stereocenters. The van der Waals surface area contributed by atoms with Crippen molar-refractivity contribution in [3.63, 3.8) is 0 Å². The molecule has 0 bridgehead atoms. The Kier molecular flexibility index (Phi) is 5.77. The molecule has 22 heavy (non-hydrogen) atoms. The van der Waals surface area contributed by atoms with Crippen molar-refractivity contribution < 1.29 is 9.47 Å². The van der Waals surface area contributed by atoms with Crippen molar-refractivity contribution in [2.75, 3.05) is 19.6 Å². The van der Waals surface area contributed by atoms with E-state index in [9.17, 15) is 0 Å². The lowest BCUT2D eigenvalue weighted by atomic mass is 10.2. The fourth-order valence-electron chi connectivity index (χ4n) is 1.75. The minimum absolute atomic E-state index is 0.418. The van der Waals surface area contributed by atoms with Gasteiger partial charge in [-0.1, -0.05) is 34.8 Å². The summed E-state index contributed by atoms with van der Waals surface area (Å²) in [6, 6.07) is 8.67. The Morgan fingerprint density at radius 3 is 2.41 bits per heavy atom. The summed E-state index contributed by atoms with van der Waals surface area (Å²) in [5.41, 5.74) is 4.25. The van der Waals surface area contributed by atoms with Gasteiger partial charge >= 0.3 is 0 Å². The summed E-state index contributed by atoms with van der Waals surface area (Å²) in [6.07, 6.45) is 1.58. The number of halogens is 3. The second-order valence-corrected chi connectivity index (χ2v) is 5.40. The van der Waals surface area contributed by atoms with Crippen LogP contribution in [0.5, 0.6) is 11.5 Å². The Hall–Kier alpha value is -1.62. The molecule has 0 heterocycles. The highest BCUT2D eigenvalue weighted by molar-refractivity contribution is 6.42. The van der Waals surface area contributed by atoms with Crippen molar-refractivity contribution in [3.8, 4) is 11.5 Å². The summed E-state index contributed by atoms with van der Waals surface area (Å²) >= 11 is 18.0. The van der Waals surface area contributed by atoms with Gasteiger partial charge in [-0.3, -0.25) is 5.43 Å². The van der Waals surface area contributed by atoms with Gasteiger partial charge in [0, 0.05) is 5.56 Å². The van der Waals surface area contributed by atoms with E-state index in [1.807, 2.05) is 0 Å². The van der Waals surface area contributed by atoms with Crippen molar-refractivity contribution in [2.45, 2.75) is 0 Å². The third-order valence-corrected chi connectivity index (χ3v) is 3.96. The molecule has 0 aliphatic rings. The number of rotatable bonds is 5. The van der Waals surface area contributed by atoms with Crippen LogP contribution in [0.3, 0.4) is 0 Å². The molecule has 1 N–H and O–H groups in total. The van der Waals surface area contributed by atoms with Crippen molar-refractivity contribution in [1.82, 2.24) is 0 Å². The number of ether oxygens (including phenoxy) is 2. The highest BCUT2D eigenvalue weighted by Gasteiger charge is 2.11. The van der Waals surface area contributed by atoms with E-state index in [0.717, 1.165) is 0 Å². The normalized spacial score (nSPS) is 10.8. The Morgan fingerprint density at radius 1 is 1.00 bits per heavy atom. The van der Waals surface area contributed by atoms with Crippen LogP contribution in [-0.2, 0) is 0 Å². The summed E-state index contributed by atoms with van der Waals surface area (Å²) in [4.78, 5) is 0. The summed E-state index contributed by atoms with van der Waals surface area (Å²) in [5, 5.41) is 5.47. The van der Waals surface area contributed by atoms with Gasteiger partial charge in [-0.2, -0.15) is 5.10 Å². The topological polar surface area (TPSA) is 42.8 Å². The second-order valence-electron chi connectivity index (χ2n) is 4.20. The maximum atomic E-state index is 6.26. The molecule has 7 heteroatoms. The molecule has 116 valence electrons. The van der Waals surface area contributed by atoms with Crippen molar-refractivity contribution in [3.05, 3.63) is 51.0 Å². The Bertz CT molecular complexity index is 705. The minimum Gasteiger partial charge on any atom is -0.493 e. The molecule has 4 nitrogen and oxygen atoms in total. The van der Waals surface area contributed by atoms with E-state index in [1.165, 1.54) is 7.11 Å². The highest BCUT2D eigenvalue weighted by atomic mass is 35.5. The predicted molar refractivity (Wildman–Crippen MR) is 92.2 cm³/mol. The van der Waals surface area contributed by atoms with Gasteiger partial charge in [-0.05, 0) is 30.3 Å². The lowest BCUT2D eigenvalue weighted by Gasteiger charge is -2.10. The average Bonchev–Trinajstić information content (AvgIpc) is 2.52. The van der Waals surface area contributed by atoms with Crippen LogP contribution in [0.4, 0.5) is 5.69 Å². The lowest BCUT2D eigenvalue weighted by molar-refractivity contribution is 0.355. The zero-order chi connectivity index (χ0) is 16.1. The largest absolute Gasteiger partial charge is 0.493 e. The zero-order valence-electron chi connectivity index (χ0n) is 11.9. The maximum Gasteiger partial charge on any atom is 0.180 e. The van der Waals surface area contributed by atoms with E-state index >= 15 is 0 Å². The minimum atomic E-state index is 0.418. The van der Waals surface area contributed by atoms with Gasteiger partial charge in [0.05, 0.1) is 41.2 Å². The lowest BCUT2D eigenvalue weighted by Crippen LogP contribution is -1.96. The number of methoxy groups -OCH3 is 2. The molecule has 0 aliphatic carbocycles. The van der Waals surface area contributed by atoms with E-state index in [1.54, 1.807) is 43.7 Å². The van der Waals surface area contributed by atoms with Gasteiger partial charge in [-0.25, -0.2) is 0 Å². The van der Waals surface area contributed by atoms with Crippen LogP contribution in [0.25, 0.3) is 0 Å².